The van der Waals surface area contributed by atoms with Gasteiger partial charge in [-0.3, -0.25) is 19.7 Å². The van der Waals surface area contributed by atoms with E-state index in [2.05, 4.69) is 0 Å². The second-order valence-corrected chi connectivity index (χ2v) is 8.55. The van der Waals surface area contributed by atoms with Crippen LogP contribution in [0.5, 0.6) is 0 Å². The van der Waals surface area contributed by atoms with E-state index in [1.54, 1.807) is 14.7 Å². The summed E-state index contributed by atoms with van der Waals surface area (Å²) in [5.74, 6) is -0.430. The summed E-state index contributed by atoms with van der Waals surface area (Å²) in [5.41, 5.74) is -1.56. The van der Waals surface area contributed by atoms with Crippen LogP contribution in [-0.2, 0) is 15.8 Å². The van der Waals surface area contributed by atoms with Crippen molar-refractivity contribution in [1.29, 1.82) is 0 Å². The van der Waals surface area contributed by atoms with Crippen LogP contribution in [-0.4, -0.2) is 65.8 Å². The summed E-state index contributed by atoms with van der Waals surface area (Å²) in [5, 5.41) is 11.4. The number of piperidine rings is 1. The minimum absolute atomic E-state index is 0.0296. The number of carbonyl (C=O) groups is 2. The highest BCUT2D eigenvalue weighted by Crippen LogP contribution is 2.37. The maximum Gasteiger partial charge on any atom is 0.416 e. The Morgan fingerprint density at radius 1 is 1.09 bits per heavy atom. The number of nitrogens with zero attached hydrogens (tertiary/aromatic N) is 4. The number of hydrogen-bond acceptors (Lipinski definition) is 5. The molecule has 2 saturated heterocycles. The van der Waals surface area contributed by atoms with Gasteiger partial charge in [-0.05, 0) is 25.0 Å². The van der Waals surface area contributed by atoms with E-state index >= 15 is 0 Å². The van der Waals surface area contributed by atoms with E-state index in [1.165, 1.54) is 0 Å². The number of nitro groups is 1. The number of likely N-dealkylation sites (tertiary alicyclic amines) is 1. The van der Waals surface area contributed by atoms with Gasteiger partial charge in [-0.1, -0.05) is 13.8 Å². The Morgan fingerprint density at radius 3 is 2.31 bits per heavy atom. The summed E-state index contributed by atoms with van der Waals surface area (Å²) in [4.78, 5) is 40.9. The fourth-order valence-corrected chi connectivity index (χ4v) is 4.28. The molecule has 8 nitrogen and oxygen atoms in total. The lowest BCUT2D eigenvalue weighted by Crippen LogP contribution is -2.53. The Hall–Kier alpha value is -2.85. The Morgan fingerprint density at radius 2 is 1.75 bits per heavy atom. The fourth-order valence-electron chi connectivity index (χ4n) is 4.28. The van der Waals surface area contributed by atoms with Crippen molar-refractivity contribution in [2.24, 2.45) is 11.8 Å². The Bertz CT molecular complexity index is 882. The molecule has 2 aliphatic rings. The van der Waals surface area contributed by atoms with Crippen LogP contribution in [0.1, 0.15) is 32.3 Å². The maximum absolute atomic E-state index is 13.0. The van der Waals surface area contributed by atoms with Crippen molar-refractivity contribution in [3.63, 3.8) is 0 Å². The molecule has 0 bridgehead atoms. The van der Waals surface area contributed by atoms with E-state index in [0.717, 1.165) is 18.6 Å². The van der Waals surface area contributed by atoms with Crippen LogP contribution in [0.2, 0.25) is 0 Å². The van der Waals surface area contributed by atoms with Gasteiger partial charge in [-0.15, -0.1) is 0 Å². The van der Waals surface area contributed by atoms with Gasteiger partial charge in [-0.25, -0.2) is 0 Å². The monoisotopic (exact) mass is 456 g/mol. The lowest BCUT2D eigenvalue weighted by molar-refractivity contribution is -0.384. The van der Waals surface area contributed by atoms with Crippen LogP contribution in [0, 0.1) is 22.0 Å². The summed E-state index contributed by atoms with van der Waals surface area (Å²) in [6.45, 7) is 5.86. The number of nitro benzene ring substituents is 1. The minimum Gasteiger partial charge on any atom is -0.362 e. The number of alkyl halides is 3. The van der Waals surface area contributed by atoms with Crippen molar-refractivity contribution in [1.82, 2.24) is 9.80 Å². The first-order valence-electron chi connectivity index (χ1n) is 10.7. The third kappa shape index (κ3) is 5.13. The molecule has 11 heteroatoms. The second kappa shape index (κ2) is 9.33. The SMILES string of the molecule is CC(C)C(=O)N1CCCC(C(=O)N2CCN(c3ccc(C(F)(F)F)cc3[N+](=O)[O-])CC2)C1. The number of carbonyl (C=O) groups excluding carboxylic acids is 2. The molecule has 3 rings (SSSR count). The molecule has 2 fully saturated rings. The number of anilines is 1. The van der Waals surface area contributed by atoms with Gasteiger partial charge in [0.15, 0.2) is 0 Å². The van der Waals surface area contributed by atoms with Crippen molar-refractivity contribution in [3.05, 3.63) is 33.9 Å². The van der Waals surface area contributed by atoms with Gasteiger partial charge in [0.05, 0.1) is 16.4 Å². The van der Waals surface area contributed by atoms with Crippen LogP contribution in [0.15, 0.2) is 18.2 Å². The Balaban J connectivity index is 1.65. The second-order valence-electron chi connectivity index (χ2n) is 8.55. The Labute approximate surface area is 184 Å². The number of amides is 2. The van der Waals surface area contributed by atoms with E-state index in [4.69, 9.17) is 0 Å². The predicted molar refractivity (Wildman–Crippen MR) is 111 cm³/mol. The minimum atomic E-state index is -4.67. The summed E-state index contributed by atoms with van der Waals surface area (Å²) in [6.07, 6.45) is -3.21. The molecule has 0 spiro atoms. The molecule has 1 atom stereocenters. The van der Waals surface area contributed by atoms with Crippen LogP contribution in [0.3, 0.4) is 0 Å². The lowest BCUT2D eigenvalue weighted by Gasteiger charge is -2.39. The molecule has 1 unspecified atom stereocenters. The summed E-state index contributed by atoms with van der Waals surface area (Å²) < 4.78 is 38.8. The molecule has 2 aliphatic heterocycles. The number of rotatable bonds is 4. The van der Waals surface area contributed by atoms with Crippen LogP contribution >= 0.6 is 0 Å². The van der Waals surface area contributed by atoms with Crippen molar-refractivity contribution in [2.45, 2.75) is 32.9 Å². The van der Waals surface area contributed by atoms with Gasteiger partial charge in [0.2, 0.25) is 11.8 Å². The van der Waals surface area contributed by atoms with E-state index in [9.17, 15) is 32.9 Å². The molecule has 0 N–H and O–H groups in total. The van der Waals surface area contributed by atoms with Crippen LogP contribution in [0.4, 0.5) is 24.5 Å². The molecule has 0 radical (unpaired) electrons. The fraction of sp³-hybridized carbons (Fsp3) is 0.619. The summed E-state index contributed by atoms with van der Waals surface area (Å²) in [6, 6.07) is 2.51. The zero-order chi connectivity index (χ0) is 23.6. The molecular weight excluding hydrogens is 429 g/mol. The molecule has 0 aromatic heterocycles. The van der Waals surface area contributed by atoms with Gasteiger partial charge in [-0.2, -0.15) is 13.2 Å². The molecule has 1 aromatic rings. The normalized spacial score (nSPS) is 19.9. The van der Waals surface area contributed by atoms with E-state index in [1.807, 2.05) is 13.8 Å². The first-order valence-corrected chi connectivity index (χ1v) is 10.7. The van der Waals surface area contributed by atoms with E-state index in [0.29, 0.717) is 38.7 Å². The average molecular weight is 456 g/mol. The number of hydrogen-bond donors (Lipinski definition) is 0. The topological polar surface area (TPSA) is 87.0 Å². The highest BCUT2D eigenvalue weighted by Gasteiger charge is 2.36. The Kier molecular flexibility index (Phi) is 6.94. The standard InChI is InChI=1S/C21H27F3N4O4/c1-14(2)19(29)27-7-3-4-15(13-27)20(30)26-10-8-25(9-11-26)17-6-5-16(21(22,23)24)12-18(17)28(31)32/h5-6,12,14-15H,3-4,7-11,13H2,1-2H3. The number of benzene rings is 1. The highest BCUT2D eigenvalue weighted by molar-refractivity contribution is 5.82. The number of halogens is 3. The van der Waals surface area contributed by atoms with Crippen molar-refractivity contribution >= 4 is 23.2 Å². The molecule has 1 aromatic carbocycles. The quantitative estimate of drug-likeness (QED) is 0.513. The molecule has 32 heavy (non-hydrogen) atoms. The zero-order valence-corrected chi connectivity index (χ0v) is 18.1. The van der Waals surface area contributed by atoms with Gasteiger partial charge < -0.3 is 14.7 Å². The first kappa shape index (κ1) is 23.8. The first-order chi connectivity index (χ1) is 15.0. The van der Waals surface area contributed by atoms with Gasteiger partial charge in [0.1, 0.15) is 5.69 Å². The molecular formula is C21H27F3N4O4. The van der Waals surface area contributed by atoms with Crippen molar-refractivity contribution in [2.75, 3.05) is 44.2 Å². The molecule has 2 heterocycles. The molecule has 2 amide bonds. The van der Waals surface area contributed by atoms with Gasteiger partial charge >= 0.3 is 6.18 Å². The predicted octanol–water partition coefficient (Wildman–Crippen LogP) is 3.16. The largest absolute Gasteiger partial charge is 0.416 e. The molecule has 0 aliphatic carbocycles. The molecule has 176 valence electrons. The third-order valence-electron chi connectivity index (χ3n) is 6.01. The van der Waals surface area contributed by atoms with E-state index < -0.39 is 22.4 Å². The smallest absolute Gasteiger partial charge is 0.362 e. The lowest BCUT2D eigenvalue weighted by atomic mass is 9.95. The summed E-state index contributed by atoms with van der Waals surface area (Å²) in [7, 11) is 0. The van der Waals surface area contributed by atoms with Gasteiger partial charge in [0, 0.05) is 51.3 Å². The van der Waals surface area contributed by atoms with E-state index in [-0.39, 0.29) is 42.4 Å². The maximum atomic E-state index is 13.0. The van der Waals surface area contributed by atoms with Crippen LogP contribution in [0.25, 0.3) is 0 Å². The van der Waals surface area contributed by atoms with Crippen LogP contribution < -0.4 is 4.90 Å². The number of piperazine rings is 1. The third-order valence-corrected chi connectivity index (χ3v) is 6.01. The van der Waals surface area contributed by atoms with Gasteiger partial charge in [0.25, 0.3) is 5.69 Å². The molecule has 0 saturated carbocycles. The van der Waals surface area contributed by atoms with Crippen molar-refractivity contribution in [3.8, 4) is 0 Å². The zero-order valence-electron chi connectivity index (χ0n) is 18.1. The van der Waals surface area contributed by atoms with Crippen molar-refractivity contribution < 1.29 is 27.7 Å². The average Bonchev–Trinajstić information content (AvgIpc) is 2.77. The summed E-state index contributed by atoms with van der Waals surface area (Å²) >= 11 is 0. The highest BCUT2D eigenvalue weighted by atomic mass is 19.4.